The third-order valence-corrected chi connectivity index (χ3v) is 0.458. The van der Waals surface area contributed by atoms with Gasteiger partial charge in [-0.1, -0.05) is 0 Å². The molecule has 0 heterocycles. The van der Waals surface area contributed by atoms with Crippen molar-refractivity contribution in [3.63, 3.8) is 0 Å². The molecular weight excluding hydrogens is 131 g/mol. The van der Waals surface area contributed by atoms with E-state index in [-0.39, 0.29) is 9.90 Å². The number of carboxylic acids is 1. The van der Waals surface area contributed by atoms with Crippen molar-refractivity contribution in [3.8, 4) is 0 Å². The van der Waals surface area contributed by atoms with Crippen LogP contribution in [0.1, 0.15) is 0 Å². The Bertz CT molecular complexity index is 73.7. The van der Waals surface area contributed by atoms with Crippen molar-refractivity contribution >= 4 is 15.9 Å². The van der Waals surface area contributed by atoms with E-state index in [1.807, 2.05) is 0 Å². The van der Waals surface area contributed by atoms with Crippen molar-refractivity contribution in [2.45, 2.75) is 6.10 Å². The van der Waals surface area contributed by atoms with Crippen LogP contribution in [0.25, 0.3) is 0 Å². The minimum atomic E-state index is -1.63. The van der Waals surface area contributed by atoms with E-state index in [2.05, 4.69) is 0 Å². The first-order valence-corrected chi connectivity index (χ1v) is 1.70. The number of aliphatic hydroxyl groups excluding tert-OH is 2. The highest BCUT2D eigenvalue weighted by atomic mass is 31.0. The molecule has 0 saturated heterocycles. The van der Waals surface area contributed by atoms with E-state index in [4.69, 9.17) is 15.3 Å². The van der Waals surface area contributed by atoms with Gasteiger partial charge in [-0.2, -0.15) is 9.90 Å². The molecular formula is C3H9O4P. The van der Waals surface area contributed by atoms with E-state index in [1.54, 1.807) is 0 Å². The average Bonchev–Trinajstić information content (AvgIpc) is 1.65. The van der Waals surface area contributed by atoms with Crippen molar-refractivity contribution in [2.24, 2.45) is 0 Å². The molecule has 0 saturated carbocycles. The van der Waals surface area contributed by atoms with Gasteiger partial charge in [0.25, 0.3) is 0 Å². The molecule has 5 heteroatoms. The van der Waals surface area contributed by atoms with Gasteiger partial charge in [0.05, 0.1) is 6.61 Å². The summed E-state index contributed by atoms with van der Waals surface area (Å²) in [4.78, 5) is 9.52. The van der Waals surface area contributed by atoms with Gasteiger partial charge in [0.2, 0.25) is 0 Å². The highest BCUT2D eigenvalue weighted by Gasteiger charge is 2.08. The molecule has 0 aromatic rings. The Morgan fingerprint density at radius 2 is 2.00 bits per heavy atom. The lowest BCUT2D eigenvalue weighted by atomic mass is 10.4. The van der Waals surface area contributed by atoms with Gasteiger partial charge in [0.1, 0.15) is 0 Å². The van der Waals surface area contributed by atoms with Gasteiger partial charge in [-0.3, -0.25) is 0 Å². The highest BCUT2D eigenvalue weighted by Crippen LogP contribution is 1.75. The monoisotopic (exact) mass is 140 g/mol. The topological polar surface area (TPSA) is 77.8 Å². The van der Waals surface area contributed by atoms with E-state index in [9.17, 15) is 4.79 Å². The summed E-state index contributed by atoms with van der Waals surface area (Å²) in [6, 6.07) is 0. The van der Waals surface area contributed by atoms with Crippen molar-refractivity contribution in [1.29, 1.82) is 0 Å². The second-order valence-corrected chi connectivity index (χ2v) is 1.04. The Labute approximate surface area is 49.8 Å². The number of hydrogen-bond acceptors (Lipinski definition) is 3. The summed E-state index contributed by atoms with van der Waals surface area (Å²) in [5, 5.41) is 23.7. The van der Waals surface area contributed by atoms with Crippen LogP contribution in [0, 0.1) is 0 Å². The normalized spacial score (nSPS) is 11.8. The van der Waals surface area contributed by atoms with Crippen LogP contribution >= 0.6 is 9.90 Å². The molecule has 8 heavy (non-hydrogen) atoms. The van der Waals surface area contributed by atoms with E-state index in [0.717, 1.165) is 0 Å². The van der Waals surface area contributed by atoms with E-state index in [1.165, 1.54) is 0 Å². The molecule has 0 aliphatic carbocycles. The van der Waals surface area contributed by atoms with Crippen molar-refractivity contribution in [1.82, 2.24) is 0 Å². The largest absolute Gasteiger partial charge is 0.479 e. The molecule has 4 nitrogen and oxygen atoms in total. The van der Waals surface area contributed by atoms with E-state index >= 15 is 0 Å². The van der Waals surface area contributed by atoms with Crippen molar-refractivity contribution in [2.75, 3.05) is 6.61 Å². The summed E-state index contributed by atoms with van der Waals surface area (Å²) < 4.78 is 0. The molecule has 0 aromatic carbocycles. The smallest absolute Gasteiger partial charge is 0.334 e. The molecule has 0 rings (SSSR count). The van der Waals surface area contributed by atoms with Crippen LogP contribution in [0.3, 0.4) is 0 Å². The van der Waals surface area contributed by atoms with Crippen molar-refractivity contribution in [3.05, 3.63) is 0 Å². The van der Waals surface area contributed by atoms with Gasteiger partial charge in [-0.15, -0.1) is 0 Å². The minimum Gasteiger partial charge on any atom is -0.479 e. The molecule has 0 fully saturated rings. The van der Waals surface area contributed by atoms with Gasteiger partial charge in [-0.05, 0) is 0 Å². The lowest BCUT2D eigenvalue weighted by Crippen LogP contribution is -2.22. The van der Waals surface area contributed by atoms with Gasteiger partial charge in [0, 0.05) is 0 Å². The predicted molar refractivity (Wildman–Crippen MR) is 31.8 cm³/mol. The standard InChI is InChI=1S/C3H6O4.H3P/c4-1-2(5)3(6)7;/h2,4-5H,1H2,(H,6,7);1H3. The first-order chi connectivity index (χ1) is 3.18. The van der Waals surface area contributed by atoms with Gasteiger partial charge >= 0.3 is 5.97 Å². The summed E-state index contributed by atoms with van der Waals surface area (Å²) in [6.45, 7) is -0.727. The molecule has 0 aliphatic rings. The highest BCUT2D eigenvalue weighted by molar-refractivity contribution is 6.92. The fraction of sp³-hybridized carbons (Fsp3) is 0.667. The summed E-state index contributed by atoms with van der Waals surface area (Å²) in [6.07, 6.45) is -1.63. The Kier molecular flexibility index (Phi) is 6.67. The first-order valence-electron chi connectivity index (χ1n) is 1.70. The summed E-state index contributed by atoms with van der Waals surface area (Å²) in [5.41, 5.74) is 0. The SMILES string of the molecule is O=C(O)C(O)CO.P. The maximum absolute atomic E-state index is 9.52. The summed E-state index contributed by atoms with van der Waals surface area (Å²) >= 11 is 0. The van der Waals surface area contributed by atoms with Gasteiger partial charge in [0.15, 0.2) is 6.10 Å². The molecule has 0 spiro atoms. The lowest BCUT2D eigenvalue weighted by Gasteiger charge is -1.95. The maximum Gasteiger partial charge on any atom is 0.334 e. The van der Waals surface area contributed by atoms with Crippen LogP contribution in [0.2, 0.25) is 0 Å². The van der Waals surface area contributed by atoms with E-state index in [0.29, 0.717) is 0 Å². The lowest BCUT2D eigenvalue weighted by molar-refractivity contribution is -0.148. The number of aliphatic carboxylic acids is 1. The molecule has 50 valence electrons. The molecule has 0 aliphatic heterocycles. The number of hydrogen-bond donors (Lipinski definition) is 3. The number of carbonyl (C=O) groups is 1. The number of aliphatic hydroxyl groups is 2. The zero-order chi connectivity index (χ0) is 5.86. The van der Waals surface area contributed by atoms with Crippen LogP contribution in [0.4, 0.5) is 0 Å². The third kappa shape index (κ3) is 3.99. The quantitative estimate of drug-likeness (QED) is 0.407. The van der Waals surface area contributed by atoms with Gasteiger partial charge in [-0.25, -0.2) is 4.79 Å². The molecule has 0 radical (unpaired) electrons. The number of carboxylic acid groups (broad SMARTS) is 1. The van der Waals surface area contributed by atoms with Gasteiger partial charge < -0.3 is 15.3 Å². The zero-order valence-electron chi connectivity index (χ0n) is 4.24. The molecule has 0 bridgehead atoms. The zero-order valence-corrected chi connectivity index (χ0v) is 5.66. The van der Waals surface area contributed by atoms with Crippen LogP contribution in [0.15, 0.2) is 0 Å². The molecule has 2 atom stereocenters. The Morgan fingerprint density at radius 1 is 1.62 bits per heavy atom. The Balaban J connectivity index is 0. The molecule has 3 N–H and O–H groups in total. The van der Waals surface area contributed by atoms with Crippen molar-refractivity contribution < 1.29 is 20.1 Å². The molecule has 2 unspecified atom stereocenters. The Hall–Kier alpha value is -0.180. The molecule has 0 aromatic heterocycles. The first kappa shape index (κ1) is 10.7. The second-order valence-electron chi connectivity index (χ2n) is 1.04. The predicted octanol–water partition coefficient (Wildman–Crippen LogP) is -1.52. The van der Waals surface area contributed by atoms with Crippen LogP contribution in [0.5, 0.6) is 0 Å². The fourth-order valence-corrected chi connectivity index (χ4v) is 0.0781. The van der Waals surface area contributed by atoms with Crippen LogP contribution in [-0.4, -0.2) is 34.0 Å². The van der Waals surface area contributed by atoms with Crippen LogP contribution < -0.4 is 0 Å². The molecule has 0 amide bonds. The maximum atomic E-state index is 9.52. The van der Waals surface area contributed by atoms with Crippen LogP contribution in [-0.2, 0) is 4.79 Å². The van der Waals surface area contributed by atoms with E-state index < -0.39 is 18.7 Å². The number of rotatable bonds is 2. The summed E-state index contributed by atoms with van der Waals surface area (Å²) in [7, 11) is 0. The third-order valence-electron chi connectivity index (χ3n) is 0.458. The Morgan fingerprint density at radius 3 is 2.00 bits per heavy atom. The fourth-order valence-electron chi connectivity index (χ4n) is 0.0781. The summed E-state index contributed by atoms with van der Waals surface area (Å²) in [5.74, 6) is -1.40. The average molecular weight is 140 g/mol. The second kappa shape index (κ2) is 4.97. The minimum absolute atomic E-state index is 0.